The van der Waals surface area contributed by atoms with Gasteiger partial charge in [0.2, 0.25) is 0 Å². The first kappa shape index (κ1) is 11.9. The summed E-state index contributed by atoms with van der Waals surface area (Å²) in [5, 5.41) is 8.42. The van der Waals surface area contributed by atoms with E-state index in [4.69, 9.17) is 9.84 Å². The molecule has 5 heteroatoms. The summed E-state index contributed by atoms with van der Waals surface area (Å²) in [5.74, 6) is -1.83. The Morgan fingerprint density at radius 2 is 1.85 bits per heavy atom. The van der Waals surface area contributed by atoms with Crippen molar-refractivity contribution in [2.24, 2.45) is 0 Å². The SMILES string of the molecule is CCOC(C)C(=O)OC(C)C(=O)O. The van der Waals surface area contributed by atoms with Crippen molar-refractivity contribution in [3.8, 4) is 0 Å². The van der Waals surface area contributed by atoms with Crippen molar-refractivity contribution in [1.82, 2.24) is 0 Å². The van der Waals surface area contributed by atoms with E-state index in [1.165, 1.54) is 13.8 Å². The Bertz CT molecular complexity index is 189. The van der Waals surface area contributed by atoms with Gasteiger partial charge in [-0.2, -0.15) is 0 Å². The minimum absolute atomic E-state index is 0.387. The van der Waals surface area contributed by atoms with Crippen LogP contribution in [0.1, 0.15) is 20.8 Å². The fourth-order valence-corrected chi connectivity index (χ4v) is 0.638. The maximum absolute atomic E-state index is 11.0. The van der Waals surface area contributed by atoms with Crippen molar-refractivity contribution in [3.05, 3.63) is 0 Å². The molecule has 0 aliphatic heterocycles. The molecule has 0 bridgehead atoms. The summed E-state index contributed by atoms with van der Waals surface area (Å²) in [6.45, 7) is 4.93. The largest absolute Gasteiger partial charge is 0.479 e. The molecule has 5 nitrogen and oxygen atoms in total. The number of rotatable bonds is 5. The smallest absolute Gasteiger partial charge is 0.344 e. The van der Waals surface area contributed by atoms with Crippen molar-refractivity contribution in [2.45, 2.75) is 33.0 Å². The monoisotopic (exact) mass is 190 g/mol. The number of carboxylic acids is 1. The molecule has 0 saturated heterocycles. The summed E-state index contributed by atoms with van der Waals surface area (Å²) in [7, 11) is 0. The normalized spacial score (nSPS) is 14.7. The van der Waals surface area contributed by atoms with Crippen LogP contribution in [0.4, 0.5) is 0 Å². The van der Waals surface area contributed by atoms with Gasteiger partial charge < -0.3 is 14.6 Å². The zero-order valence-electron chi connectivity index (χ0n) is 7.94. The molecular formula is C8H14O5. The van der Waals surface area contributed by atoms with Gasteiger partial charge in [0.05, 0.1) is 0 Å². The Balaban J connectivity index is 3.92. The van der Waals surface area contributed by atoms with E-state index in [9.17, 15) is 9.59 Å². The summed E-state index contributed by atoms with van der Waals surface area (Å²) < 4.78 is 9.48. The molecule has 0 aromatic rings. The molecule has 13 heavy (non-hydrogen) atoms. The van der Waals surface area contributed by atoms with Gasteiger partial charge in [0.1, 0.15) is 0 Å². The standard InChI is InChI=1S/C8H14O5/c1-4-12-6(3)8(11)13-5(2)7(9)10/h5-6H,4H2,1-3H3,(H,9,10). The molecule has 0 fully saturated rings. The number of hydrogen-bond donors (Lipinski definition) is 1. The second-order valence-corrected chi connectivity index (χ2v) is 2.51. The molecule has 1 N–H and O–H groups in total. The Morgan fingerprint density at radius 1 is 1.31 bits per heavy atom. The summed E-state index contributed by atoms with van der Waals surface area (Å²) >= 11 is 0. The van der Waals surface area contributed by atoms with E-state index in [1.54, 1.807) is 6.92 Å². The van der Waals surface area contributed by atoms with Crippen LogP contribution in [0.25, 0.3) is 0 Å². The van der Waals surface area contributed by atoms with Crippen LogP contribution in [0.5, 0.6) is 0 Å². The van der Waals surface area contributed by atoms with Crippen molar-refractivity contribution < 1.29 is 24.2 Å². The van der Waals surface area contributed by atoms with Crippen LogP contribution >= 0.6 is 0 Å². The van der Waals surface area contributed by atoms with E-state index >= 15 is 0 Å². The maximum atomic E-state index is 11.0. The molecule has 0 aromatic carbocycles. The lowest BCUT2D eigenvalue weighted by atomic mass is 10.4. The van der Waals surface area contributed by atoms with Gasteiger partial charge in [0.25, 0.3) is 0 Å². The van der Waals surface area contributed by atoms with Gasteiger partial charge in [0.15, 0.2) is 12.2 Å². The molecule has 0 spiro atoms. The van der Waals surface area contributed by atoms with Crippen molar-refractivity contribution in [1.29, 1.82) is 0 Å². The number of hydrogen-bond acceptors (Lipinski definition) is 4. The number of carboxylic acid groups (broad SMARTS) is 1. The Labute approximate surface area is 76.6 Å². The van der Waals surface area contributed by atoms with Crippen LogP contribution in [-0.2, 0) is 19.1 Å². The molecule has 0 rings (SSSR count). The third-order valence-corrected chi connectivity index (χ3v) is 1.39. The van der Waals surface area contributed by atoms with E-state index in [0.29, 0.717) is 6.61 Å². The fourth-order valence-electron chi connectivity index (χ4n) is 0.638. The highest BCUT2D eigenvalue weighted by atomic mass is 16.6. The van der Waals surface area contributed by atoms with Crippen LogP contribution in [0.15, 0.2) is 0 Å². The molecular weight excluding hydrogens is 176 g/mol. The van der Waals surface area contributed by atoms with Crippen LogP contribution in [0, 0.1) is 0 Å². The molecule has 2 atom stereocenters. The lowest BCUT2D eigenvalue weighted by molar-refractivity contribution is -0.170. The van der Waals surface area contributed by atoms with Crippen molar-refractivity contribution in [3.63, 3.8) is 0 Å². The molecule has 76 valence electrons. The molecule has 0 aromatic heterocycles. The minimum atomic E-state index is -1.17. The van der Waals surface area contributed by atoms with Gasteiger partial charge in [-0.25, -0.2) is 9.59 Å². The van der Waals surface area contributed by atoms with Crippen molar-refractivity contribution in [2.75, 3.05) is 6.61 Å². The summed E-state index contributed by atoms with van der Waals surface area (Å²) in [6.07, 6.45) is -1.85. The Hall–Kier alpha value is -1.10. The highest BCUT2D eigenvalue weighted by molar-refractivity contribution is 5.79. The summed E-state index contributed by atoms with van der Waals surface area (Å²) in [6, 6.07) is 0. The maximum Gasteiger partial charge on any atom is 0.344 e. The van der Waals surface area contributed by atoms with Crippen molar-refractivity contribution >= 4 is 11.9 Å². The molecule has 2 unspecified atom stereocenters. The second-order valence-electron chi connectivity index (χ2n) is 2.51. The van der Waals surface area contributed by atoms with Gasteiger partial charge in [-0.1, -0.05) is 0 Å². The van der Waals surface area contributed by atoms with E-state index in [0.717, 1.165) is 0 Å². The molecule has 0 aliphatic carbocycles. The lowest BCUT2D eigenvalue weighted by Crippen LogP contribution is -2.30. The predicted molar refractivity (Wildman–Crippen MR) is 44.3 cm³/mol. The average molecular weight is 190 g/mol. The third kappa shape index (κ3) is 4.47. The summed E-state index contributed by atoms with van der Waals surface area (Å²) in [4.78, 5) is 21.3. The zero-order valence-corrected chi connectivity index (χ0v) is 7.94. The topological polar surface area (TPSA) is 72.8 Å². The first-order valence-electron chi connectivity index (χ1n) is 4.04. The van der Waals surface area contributed by atoms with E-state index in [2.05, 4.69) is 4.74 Å². The second kappa shape index (κ2) is 5.53. The number of carbonyl (C=O) groups is 2. The quantitative estimate of drug-likeness (QED) is 0.636. The molecule has 0 amide bonds. The number of esters is 1. The van der Waals surface area contributed by atoms with Gasteiger partial charge in [-0.3, -0.25) is 0 Å². The minimum Gasteiger partial charge on any atom is -0.479 e. The van der Waals surface area contributed by atoms with Crippen LogP contribution in [-0.4, -0.2) is 35.9 Å². The van der Waals surface area contributed by atoms with Crippen LogP contribution in [0.3, 0.4) is 0 Å². The highest BCUT2D eigenvalue weighted by Gasteiger charge is 2.21. The third-order valence-electron chi connectivity index (χ3n) is 1.39. The van der Waals surface area contributed by atoms with Gasteiger partial charge in [-0.05, 0) is 20.8 Å². The summed E-state index contributed by atoms with van der Waals surface area (Å²) in [5.41, 5.74) is 0. The molecule has 0 heterocycles. The van der Waals surface area contributed by atoms with Gasteiger partial charge >= 0.3 is 11.9 Å². The Morgan fingerprint density at radius 3 is 2.23 bits per heavy atom. The van der Waals surface area contributed by atoms with E-state index < -0.39 is 24.1 Å². The highest BCUT2D eigenvalue weighted by Crippen LogP contribution is 1.98. The first-order chi connectivity index (χ1) is 5.99. The van der Waals surface area contributed by atoms with Gasteiger partial charge in [0, 0.05) is 6.61 Å². The number of ether oxygens (including phenoxy) is 2. The number of carbonyl (C=O) groups excluding carboxylic acids is 1. The number of aliphatic carboxylic acids is 1. The average Bonchev–Trinajstić information content (AvgIpc) is 2.04. The fraction of sp³-hybridized carbons (Fsp3) is 0.750. The van der Waals surface area contributed by atoms with Crippen LogP contribution in [0.2, 0.25) is 0 Å². The predicted octanol–water partition coefficient (Wildman–Crippen LogP) is 0.428. The first-order valence-corrected chi connectivity index (χ1v) is 4.04. The van der Waals surface area contributed by atoms with Crippen LogP contribution < -0.4 is 0 Å². The Kier molecular flexibility index (Phi) is 5.06. The van der Waals surface area contributed by atoms with Gasteiger partial charge in [-0.15, -0.1) is 0 Å². The zero-order chi connectivity index (χ0) is 10.4. The molecule has 0 saturated carbocycles. The lowest BCUT2D eigenvalue weighted by Gasteiger charge is -2.13. The van der Waals surface area contributed by atoms with E-state index in [1.807, 2.05) is 0 Å². The van der Waals surface area contributed by atoms with E-state index in [-0.39, 0.29) is 0 Å². The molecule has 0 radical (unpaired) electrons. The molecule has 0 aliphatic rings.